The Bertz CT molecular complexity index is 772. The number of hydrogen-bond donors (Lipinski definition) is 2. The maximum Gasteiger partial charge on any atom is 0.405 e. The van der Waals surface area contributed by atoms with E-state index in [4.69, 9.17) is 0 Å². The molecule has 5 nitrogen and oxygen atoms in total. The van der Waals surface area contributed by atoms with Crippen LogP contribution < -0.4 is 10.6 Å². The number of anilines is 1. The van der Waals surface area contributed by atoms with Crippen molar-refractivity contribution in [3.05, 3.63) is 45.4 Å². The van der Waals surface area contributed by atoms with Gasteiger partial charge in [0.2, 0.25) is 0 Å². The lowest BCUT2D eigenvalue weighted by Gasteiger charge is -2.11. The van der Waals surface area contributed by atoms with Crippen molar-refractivity contribution < 1.29 is 22.8 Å². The van der Waals surface area contributed by atoms with Crippen LogP contribution in [-0.4, -0.2) is 29.5 Å². The van der Waals surface area contributed by atoms with Crippen molar-refractivity contribution in [2.45, 2.75) is 20.0 Å². The molecule has 2 N–H and O–H groups in total. The summed E-state index contributed by atoms with van der Waals surface area (Å²) < 4.78 is 36.5. The van der Waals surface area contributed by atoms with Crippen LogP contribution in [0, 0.1) is 13.8 Å². The minimum absolute atomic E-state index is 0.0284. The third-order valence-corrected chi connectivity index (χ3v) is 3.95. The number of rotatable bonds is 4. The zero-order chi connectivity index (χ0) is 17.9. The van der Waals surface area contributed by atoms with Crippen LogP contribution in [0.2, 0.25) is 0 Å². The molecule has 2 amide bonds. The van der Waals surface area contributed by atoms with E-state index >= 15 is 0 Å². The van der Waals surface area contributed by atoms with Gasteiger partial charge in [-0.1, -0.05) is 6.07 Å². The van der Waals surface area contributed by atoms with Crippen molar-refractivity contribution in [2.24, 2.45) is 0 Å². The number of alkyl halides is 3. The Morgan fingerprint density at radius 3 is 2.50 bits per heavy atom. The van der Waals surface area contributed by atoms with Crippen molar-refractivity contribution in [2.75, 3.05) is 11.9 Å². The molecule has 0 radical (unpaired) electrons. The van der Waals surface area contributed by atoms with Gasteiger partial charge < -0.3 is 10.6 Å². The quantitative estimate of drug-likeness (QED) is 0.882. The molecule has 1 heterocycles. The summed E-state index contributed by atoms with van der Waals surface area (Å²) >= 11 is 1.21. The van der Waals surface area contributed by atoms with Gasteiger partial charge in [0.25, 0.3) is 11.8 Å². The van der Waals surface area contributed by atoms with Crippen LogP contribution in [0.25, 0.3) is 0 Å². The Hall–Kier alpha value is -2.42. The molecule has 0 spiro atoms. The number of carbonyl (C=O) groups is 2. The van der Waals surface area contributed by atoms with E-state index in [9.17, 15) is 22.8 Å². The molecule has 0 aliphatic rings. The van der Waals surface area contributed by atoms with E-state index in [1.165, 1.54) is 29.7 Å². The fourth-order valence-corrected chi connectivity index (χ4v) is 2.50. The predicted molar refractivity (Wildman–Crippen MR) is 84.4 cm³/mol. The summed E-state index contributed by atoms with van der Waals surface area (Å²) in [7, 11) is 0. The number of carbonyl (C=O) groups excluding carboxylic acids is 2. The first-order valence-corrected chi connectivity index (χ1v) is 7.67. The highest BCUT2D eigenvalue weighted by Crippen LogP contribution is 2.20. The predicted octanol–water partition coefficient (Wildman–Crippen LogP) is 3.30. The number of aryl methyl sites for hydroxylation is 2. The van der Waals surface area contributed by atoms with Gasteiger partial charge in [-0.05, 0) is 31.5 Å². The first-order chi connectivity index (χ1) is 11.2. The molecule has 2 rings (SSSR count). The SMILES string of the molecule is Cc1ncc(C(=O)Nc2cc(C(=O)NCC(F)(F)F)ccc2C)s1. The van der Waals surface area contributed by atoms with E-state index in [0.29, 0.717) is 16.1 Å². The summed E-state index contributed by atoms with van der Waals surface area (Å²) in [5.41, 5.74) is 1.06. The summed E-state index contributed by atoms with van der Waals surface area (Å²) in [6.45, 7) is 2.06. The summed E-state index contributed by atoms with van der Waals surface area (Å²) in [4.78, 5) is 28.3. The fourth-order valence-electron chi connectivity index (χ4n) is 1.83. The third kappa shape index (κ3) is 4.79. The lowest BCUT2D eigenvalue weighted by Crippen LogP contribution is -2.33. The molecule has 0 saturated carbocycles. The minimum Gasteiger partial charge on any atom is -0.343 e. The monoisotopic (exact) mass is 357 g/mol. The standard InChI is InChI=1S/C15H14F3N3O2S/c1-8-3-4-10(13(22)20-7-15(16,17)18)5-11(8)21-14(23)12-6-19-9(2)24-12/h3-6H,7H2,1-2H3,(H,20,22)(H,21,23). The number of nitrogens with zero attached hydrogens (tertiary/aromatic N) is 1. The molecular formula is C15H14F3N3O2S. The normalized spacial score (nSPS) is 11.2. The van der Waals surface area contributed by atoms with Crippen molar-refractivity contribution in [1.29, 1.82) is 0 Å². The average molecular weight is 357 g/mol. The van der Waals surface area contributed by atoms with Crippen LogP contribution in [0.4, 0.5) is 18.9 Å². The first kappa shape index (κ1) is 17.9. The highest BCUT2D eigenvalue weighted by molar-refractivity contribution is 7.13. The molecule has 0 bridgehead atoms. The van der Waals surface area contributed by atoms with Crippen molar-refractivity contribution in [1.82, 2.24) is 10.3 Å². The molecule has 0 aliphatic heterocycles. The maximum atomic E-state index is 12.2. The second-order valence-electron chi connectivity index (χ2n) is 5.03. The van der Waals surface area contributed by atoms with Crippen LogP contribution >= 0.6 is 11.3 Å². The zero-order valence-electron chi connectivity index (χ0n) is 12.8. The average Bonchev–Trinajstić information content (AvgIpc) is 2.93. The number of hydrogen-bond acceptors (Lipinski definition) is 4. The summed E-state index contributed by atoms with van der Waals surface area (Å²) in [5.74, 6) is -1.26. The van der Waals surface area contributed by atoms with E-state index < -0.39 is 24.5 Å². The number of amides is 2. The molecule has 0 aliphatic carbocycles. The Labute approximate surface area is 139 Å². The first-order valence-electron chi connectivity index (χ1n) is 6.85. The van der Waals surface area contributed by atoms with Crippen molar-refractivity contribution in [3.8, 4) is 0 Å². The van der Waals surface area contributed by atoms with E-state index in [-0.39, 0.29) is 5.56 Å². The molecule has 1 aromatic carbocycles. The maximum absolute atomic E-state index is 12.2. The van der Waals surface area contributed by atoms with E-state index in [1.807, 2.05) is 0 Å². The van der Waals surface area contributed by atoms with Gasteiger partial charge in [-0.25, -0.2) is 4.98 Å². The molecule has 0 saturated heterocycles. The van der Waals surface area contributed by atoms with Crippen LogP contribution in [0.15, 0.2) is 24.4 Å². The molecule has 9 heteroatoms. The lowest BCUT2D eigenvalue weighted by atomic mass is 10.1. The molecular weight excluding hydrogens is 343 g/mol. The Morgan fingerprint density at radius 1 is 1.21 bits per heavy atom. The van der Waals surface area contributed by atoms with Gasteiger partial charge >= 0.3 is 6.18 Å². The fraction of sp³-hybridized carbons (Fsp3) is 0.267. The third-order valence-electron chi connectivity index (χ3n) is 3.04. The molecule has 0 fully saturated rings. The molecule has 2 aromatic rings. The van der Waals surface area contributed by atoms with E-state index in [2.05, 4.69) is 10.3 Å². The highest BCUT2D eigenvalue weighted by atomic mass is 32.1. The number of aromatic nitrogens is 1. The second kappa shape index (κ2) is 7.00. The highest BCUT2D eigenvalue weighted by Gasteiger charge is 2.28. The molecule has 1 aromatic heterocycles. The number of thiazole rings is 1. The van der Waals surface area contributed by atoms with E-state index in [1.54, 1.807) is 25.2 Å². The van der Waals surface area contributed by atoms with Gasteiger partial charge in [0.1, 0.15) is 11.4 Å². The topological polar surface area (TPSA) is 71.1 Å². The largest absolute Gasteiger partial charge is 0.405 e. The van der Waals surface area contributed by atoms with Crippen LogP contribution in [0.5, 0.6) is 0 Å². The van der Waals surface area contributed by atoms with Gasteiger partial charge in [-0.3, -0.25) is 9.59 Å². The summed E-state index contributed by atoms with van der Waals surface area (Å²) in [5, 5.41) is 5.16. The van der Waals surface area contributed by atoms with Gasteiger partial charge in [0.15, 0.2) is 0 Å². The van der Waals surface area contributed by atoms with Crippen LogP contribution in [0.3, 0.4) is 0 Å². The molecule has 24 heavy (non-hydrogen) atoms. The Balaban J connectivity index is 2.13. The smallest absolute Gasteiger partial charge is 0.343 e. The number of nitrogens with one attached hydrogen (secondary N) is 2. The minimum atomic E-state index is -4.48. The van der Waals surface area contributed by atoms with Gasteiger partial charge in [0.05, 0.1) is 11.2 Å². The zero-order valence-corrected chi connectivity index (χ0v) is 13.6. The van der Waals surface area contributed by atoms with Gasteiger partial charge in [-0.15, -0.1) is 11.3 Å². The lowest BCUT2D eigenvalue weighted by molar-refractivity contribution is -0.123. The molecule has 128 valence electrons. The summed E-state index contributed by atoms with van der Waals surface area (Å²) in [6.07, 6.45) is -3.05. The van der Waals surface area contributed by atoms with Gasteiger partial charge in [0, 0.05) is 11.3 Å². The van der Waals surface area contributed by atoms with E-state index in [0.717, 1.165) is 5.01 Å². The summed E-state index contributed by atoms with van der Waals surface area (Å²) in [6, 6.07) is 4.29. The Morgan fingerprint density at radius 2 is 1.92 bits per heavy atom. The molecule has 0 unspecified atom stereocenters. The number of halogens is 3. The number of benzene rings is 1. The van der Waals surface area contributed by atoms with Crippen LogP contribution in [-0.2, 0) is 0 Å². The van der Waals surface area contributed by atoms with Crippen molar-refractivity contribution >= 4 is 28.8 Å². The molecule has 0 atom stereocenters. The van der Waals surface area contributed by atoms with Crippen molar-refractivity contribution in [3.63, 3.8) is 0 Å². The Kier molecular flexibility index (Phi) is 5.23. The van der Waals surface area contributed by atoms with Gasteiger partial charge in [-0.2, -0.15) is 13.2 Å². The second-order valence-corrected chi connectivity index (χ2v) is 6.26. The van der Waals surface area contributed by atoms with Crippen LogP contribution in [0.1, 0.15) is 30.6 Å².